The molecule has 0 aliphatic carbocycles. The number of fused-ring (bicyclic) bond motifs is 1. The van der Waals surface area contributed by atoms with Crippen LogP contribution >= 0.6 is 0 Å². The molecule has 20 heavy (non-hydrogen) atoms. The first kappa shape index (κ1) is 12.5. The van der Waals surface area contributed by atoms with E-state index in [1.54, 1.807) is 0 Å². The molecule has 0 amide bonds. The maximum absolute atomic E-state index is 13.8. The molecular weight excluding hydrogens is 274 g/mol. The predicted molar refractivity (Wildman–Crippen MR) is 65.3 cm³/mol. The number of halogens is 4. The topological polar surface area (TPSA) is 43.8 Å². The first-order chi connectivity index (χ1) is 9.47. The minimum atomic E-state index is -1.32. The molecular formula is C13H7F4N3. The third-order valence-electron chi connectivity index (χ3n) is 2.87. The van der Waals surface area contributed by atoms with Crippen molar-refractivity contribution in [2.45, 2.75) is 0 Å². The van der Waals surface area contributed by atoms with Crippen molar-refractivity contribution in [1.82, 2.24) is 9.55 Å². The third-order valence-corrected chi connectivity index (χ3v) is 2.87. The lowest BCUT2D eigenvalue weighted by atomic mass is 10.2. The average molecular weight is 281 g/mol. The summed E-state index contributed by atoms with van der Waals surface area (Å²) in [6.07, 6.45) is 0. The van der Waals surface area contributed by atoms with Crippen LogP contribution < -0.4 is 5.73 Å². The van der Waals surface area contributed by atoms with Gasteiger partial charge < -0.3 is 5.73 Å². The van der Waals surface area contributed by atoms with Crippen LogP contribution in [0.15, 0.2) is 30.3 Å². The van der Waals surface area contributed by atoms with Crippen molar-refractivity contribution in [3.63, 3.8) is 0 Å². The van der Waals surface area contributed by atoms with Gasteiger partial charge in [-0.05, 0) is 12.1 Å². The maximum Gasteiger partial charge on any atom is 0.206 e. The number of nitrogens with zero attached hydrogens (tertiary/aromatic N) is 2. The lowest BCUT2D eigenvalue weighted by molar-refractivity contribution is 0.493. The van der Waals surface area contributed by atoms with Crippen LogP contribution in [0.25, 0.3) is 16.7 Å². The van der Waals surface area contributed by atoms with E-state index in [0.29, 0.717) is 17.6 Å². The largest absolute Gasteiger partial charge is 0.369 e. The molecule has 0 saturated heterocycles. The van der Waals surface area contributed by atoms with Gasteiger partial charge in [-0.15, -0.1) is 0 Å². The van der Waals surface area contributed by atoms with E-state index in [9.17, 15) is 17.6 Å². The van der Waals surface area contributed by atoms with Gasteiger partial charge in [-0.1, -0.05) is 0 Å². The Morgan fingerprint density at radius 1 is 0.900 bits per heavy atom. The molecule has 7 heteroatoms. The molecule has 2 aromatic carbocycles. The summed E-state index contributed by atoms with van der Waals surface area (Å²) in [5, 5.41) is 0. The van der Waals surface area contributed by atoms with Crippen LogP contribution in [0.3, 0.4) is 0 Å². The van der Waals surface area contributed by atoms with Crippen molar-refractivity contribution in [1.29, 1.82) is 0 Å². The van der Waals surface area contributed by atoms with Gasteiger partial charge in [-0.25, -0.2) is 22.5 Å². The van der Waals surface area contributed by atoms with Crippen molar-refractivity contribution in [3.05, 3.63) is 53.6 Å². The highest BCUT2D eigenvalue weighted by atomic mass is 19.2. The van der Waals surface area contributed by atoms with E-state index in [1.807, 2.05) is 0 Å². The number of benzene rings is 2. The first-order valence-electron chi connectivity index (χ1n) is 5.56. The molecule has 0 aliphatic heterocycles. The van der Waals surface area contributed by atoms with Crippen molar-refractivity contribution in [3.8, 4) is 5.69 Å². The Labute approximate surface area is 110 Å². The number of hydrogen-bond acceptors (Lipinski definition) is 2. The fourth-order valence-corrected chi connectivity index (χ4v) is 2.00. The van der Waals surface area contributed by atoms with Crippen LogP contribution in [0, 0.1) is 23.3 Å². The smallest absolute Gasteiger partial charge is 0.206 e. The molecule has 0 bridgehead atoms. The molecule has 0 aliphatic rings. The number of anilines is 1. The van der Waals surface area contributed by atoms with E-state index >= 15 is 0 Å². The third kappa shape index (κ3) is 1.78. The van der Waals surface area contributed by atoms with Crippen molar-refractivity contribution in [2.24, 2.45) is 0 Å². The van der Waals surface area contributed by atoms with E-state index in [2.05, 4.69) is 4.98 Å². The highest BCUT2D eigenvalue weighted by molar-refractivity contribution is 5.80. The molecule has 1 heterocycles. The van der Waals surface area contributed by atoms with Gasteiger partial charge in [-0.3, -0.25) is 4.57 Å². The Balaban J connectivity index is 2.37. The SMILES string of the molecule is Nc1nc2ccc(F)cc2n1-c1cc(F)c(F)cc1F. The normalized spacial score (nSPS) is 11.2. The van der Waals surface area contributed by atoms with Crippen LogP contribution in [0.4, 0.5) is 23.5 Å². The fourth-order valence-electron chi connectivity index (χ4n) is 2.00. The zero-order valence-corrected chi connectivity index (χ0v) is 9.87. The second-order valence-electron chi connectivity index (χ2n) is 4.16. The summed E-state index contributed by atoms with van der Waals surface area (Å²) in [5.74, 6) is -4.32. The van der Waals surface area contributed by atoms with E-state index in [1.165, 1.54) is 12.1 Å². The highest BCUT2D eigenvalue weighted by Crippen LogP contribution is 2.26. The molecule has 2 N–H and O–H groups in total. The molecule has 0 spiro atoms. The summed E-state index contributed by atoms with van der Waals surface area (Å²) in [7, 11) is 0. The molecule has 102 valence electrons. The fraction of sp³-hybridized carbons (Fsp3) is 0. The second-order valence-corrected chi connectivity index (χ2v) is 4.16. The predicted octanol–water partition coefficient (Wildman–Crippen LogP) is 3.16. The lowest BCUT2D eigenvalue weighted by Gasteiger charge is -2.08. The number of aromatic nitrogens is 2. The Kier molecular flexibility index (Phi) is 2.63. The molecule has 0 saturated carbocycles. The van der Waals surface area contributed by atoms with E-state index in [-0.39, 0.29) is 17.2 Å². The molecule has 0 atom stereocenters. The first-order valence-corrected chi connectivity index (χ1v) is 5.56. The molecule has 3 rings (SSSR count). The number of imidazole rings is 1. The molecule has 0 radical (unpaired) electrons. The molecule has 3 aromatic rings. The van der Waals surface area contributed by atoms with E-state index in [0.717, 1.165) is 10.6 Å². The van der Waals surface area contributed by atoms with Crippen LogP contribution in [-0.2, 0) is 0 Å². The van der Waals surface area contributed by atoms with Gasteiger partial charge in [0.15, 0.2) is 11.6 Å². The summed E-state index contributed by atoms with van der Waals surface area (Å²) in [6.45, 7) is 0. The quantitative estimate of drug-likeness (QED) is 0.550. The van der Waals surface area contributed by atoms with Crippen LogP contribution in [-0.4, -0.2) is 9.55 Å². The standard InChI is InChI=1S/C13H7F4N3/c14-6-1-2-10-12(3-6)20(13(18)19-10)11-5-8(16)7(15)4-9(11)17/h1-5H,(H2,18,19). The van der Waals surface area contributed by atoms with Crippen molar-refractivity contribution < 1.29 is 17.6 Å². The van der Waals surface area contributed by atoms with Gasteiger partial charge in [0.25, 0.3) is 0 Å². The van der Waals surface area contributed by atoms with Gasteiger partial charge in [-0.2, -0.15) is 0 Å². The van der Waals surface area contributed by atoms with Gasteiger partial charge in [0, 0.05) is 18.2 Å². The Bertz CT molecular complexity index is 826. The van der Waals surface area contributed by atoms with Gasteiger partial charge in [0.05, 0.1) is 16.7 Å². The summed E-state index contributed by atoms with van der Waals surface area (Å²) in [6, 6.07) is 4.65. The van der Waals surface area contributed by atoms with Gasteiger partial charge in [0.1, 0.15) is 11.6 Å². The summed E-state index contributed by atoms with van der Waals surface area (Å²) in [4.78, 5) is 3.92. The zero-order chi connectivity index (χ0) is 14.4. The maximum atomic E-state index is 13.8. The van der Waals surface area contributed by atoms with Crippen molar-refractivity contribution >= 4 is 17.0 Å². The Morgan fingerprint density at radius 3 is 2.35 bits per heavy atom. The lowest BCUT2D eigenvalue weighted by Crippen LogP contribution is -2.04. The van der Waals surface area contributed by atoms with Gasteiger partial charge in [0.2, 0.25) is 5.95 Å². The average Bonchev–Trinajstić information content (AvgIpc) is 2.69. The Hall–Kier alpha value is -2.57. The molecule has 1 aromatic heterocycles. The van der Waals surface area contributed by atoms with Crippen LogP contribution in [0.5, 0.6) is 0 Å². The highest BCUT2D eigenvalue weighted by Gasteiger charge is 2.17. The number of nitrogen functional groups attached to an aromatic ring is 1. The second kappa shape index (κ2) is 4.22. The zero-order valence-electron chi connectivity index (χ0n) is 9.87. The number of rotatable bonds is 1. The van der Waals surface area contributed by atoms with E-state index < -0.39 is 23.3 Å². The summed E-state index contributed by atoms with van der Waals surface area (Å²) < 4.78 is 54.3. The number of nitrogens with two attached hydrogens (primary N) is 1. The molecule has 3 nitrogen and oxygen atoms in total. The minimum absolute atomic E-state index is 0.157. The summed E-state index contributed by atoms with van der Waals surface area (Å²) >= 11 is 0. The Morgan fingerprint density at radius 2 is 1.60 bits per heavy atom. The van der Waals surface area contributed by atoms with E-state index in [4.69, 9.17) is 5.73 Å². The van der Waals surface area contributed by atoms with Gasteiger partial charge >= 0.3 is 0 Å². The molecule has 0 unspecified atom stereocenters. The molecule has 0 fully saturated rings. The summed E-state index contributed by atoms with van der Waals surface area (Å²) in [5.41, 5.74) is 5.77. The minimum Gasteiger partial charge on any atom is -0.369 e. The van der Waals surface area contributed by atoms with Crippen LogP contribution in [0.1, 0.15) is 0 Å². The van der Waals surface area contributed by atoms with Crippen molar-refractivity contribution in [2.75, 3.05) is 5.73 Å². The monoisotopic (exact) mass is 281 g/mol. The number of hydrogen-bond donors (Lipinski definition) is 1. The van der Waals surface area contributed by atoms with Crippen LogP contribution in [0.2, 0.25) is 0 Å².